The van der Waals surface area contributed by atoms with Gasteiger partial charge in [-0.1, -0.05) is 6.92 Å². The number of hydrogen-bond donors (Lipinski definition) is 1. The van der Waals surface area contributed by atoms with Crippen LogP contribution in [0.4, 0.5) is 13.2 Å². The molecule has 0 unspecified atom stereocenters. The van der Waals surface area contributed by atoms with Crippen LogP contribution in [0.3, 0.4) is 0 Å². The van der Waals surface area contributed by atoms with Crippen LogP contribution in [0.25, 0.3) is 10.8 Å². The Kier molecular flexibility index (Phi) is 3.46. The van der Waals surface area contributed by atoms with Gasteiger partial charge < -0.3 is 5.32 Å². The molecule has 0 aromatic carbocycles. The Balaban J connectivity index is 2.06. The van der Waals surface area contributed by atoms with Crippen LogP contribution < -0.4 is 5.32 Å². The van der Waals surface area contributed by atoms with Crippen molar-refractivity contribution in [2.24, 2.45) is 0 Å². The highest BCUT2D eigenvalue weighted by Crippen LogP contribution is 2.29. The van der Waals surface area contributed by atoms with Gasteiger partial charge in [-0.3, -0.25) is 4.40 Å². The van der Waals surface area contributed by atoms with Crippen molar-refractivity contribution in [1.82, 2.24) is 24.5 Å². The smallest absolute Gasteiger partial charge is 0.311 e. The SMILES string of the molecule is CCNCc1c(-n2cc(C(F)(F)F)cn2)nc2sccn12. The van der Waals surface area contributed by atoms with Gasteiger partial charge in [-0.15, -0.1) is 11.3 Å². The van der Waals surface area contributed by atoms with Gasteiger partial charge in [0.1, 0.15) is 0 Å². The minimum atomic E-state index is -4.41. The molecule has 0 radical (unpaired) electrons. The normalized spacial score (nSPS) is 12.4. The van der Waals surface area contributed by atoms with Crippen LogP contribution in [-0.4, -0.2) is 25.7 Å². The summed E-state index contributed by atoms with van der Waals surface area (Å²) >= 11 is 1.42. The fourth-order valence-corrected chi connectivity index (χ4v) is 2.73. The summed E-state index contributed by atoms with van der Waals surface area (Å²) in [7, 11) is 0. The van der Waals surface area contributed by atoms with Crippen molar-refractivity contribution in [2.75, 3.05) is 6.54 Å². The first-order valence-corrected chi connectivity index (χ1v) is 7.16. The molecule has 0 atom stereocenters. The molecule has 1 N–H and O–H groups in total. The third-order valence-electron chi connectivity index (χ3n) is 3.01. The fourth-order valence-electron chi connectivity index (χ4n) is 2.00. The molecule has 3 heterocycles. The minimum absolute atomic E-state index is 0.415. The lowest BCUT2D eigenvalue weighted by Gasteiger charge is -2.05. The van der Waals surface area contributed by atoms with Crippen LogP contribution in [0.1, 0.15) is 18.2 Å². The molecule has 0 aliphatic heterocycles. The summed E-state index contributed by atoms with van der Waals surface area (Å²) < 4.78 is 41.1. The Morgan fingerprint density at radius 1 is 1.38 bits per heavy atom. The van der Waals surface area contributed by atoms with E-state index in [0.717, 1.165) is 29.6 Å². The number of rotatable bonds is 4. The van der Waals surface area contributed by atoms with E-state index in [-0.39, 0.29) is 0 Å². The Bertz CT molecular complexity index is 754. The molecule has 0 saturated heterocycles. The van der Waals surface area contributed by atoms with Gasteiger partial charge in [0.05, 0.1) is 17.5 Å². The zero-order valence-electron chi connectivity index (χ0n) is 11.1. The van der Waals surface area contributed by atoms with E-state index in [2.05, 4.69) is 15.4 Å². The monoisotopic (exact) mass is 315 g/mol. The van der Waals surface area contributed by atoms with Gasteiger partial charge in [0.2, 0.25) is 0 Å². The van der Waals surface area contributed by atoms with Crippen LogP contribution >= 0.6 is 11.3 Å². The maximum absolute atomic E-state index is 12.7. The maximum atomic E-state index is 12.7. The van der Waals surface area contributed by atoms with Crippen LogP contribution in [0, 0.1) is 0 Å². The zero-order chi connectivity index (χ0) is 15.0. The molecular formula is C12H12F3N5S. The molecule has 0 bridgehead atoms. The van der Waals surface area contributed by atoms with E-state index in [4.69, 9.17) is 0 Å². The quantitative estimate of drug-likeness (QED) is 0.805. The van der Waals surface area contributed by atoms with Gasteiger partial charge in [0.25, 0.3) is 0 Å². The second kappa shape index (κ2) is 5.15. The third-order valence-corrected chi connectivity index (χ3v) is 3.77. The largest absolute Gasteiger partial charge is 0.419 e. The highest BCUT2D eigenvalue weighted by Gasteiger charge is 2.32. The molecule has 5 nitrogen and oxygen atoms in total. The molecule has 0 aliphatic rings. The van der Waals surface area contributed by atoms with E-state index in [1.807, 2.05) is 22.9 Å². The summed E-state index contributed by atoms with van der Waals surface area (Å²) in [6, 6.07) is 0. The Morgan fingerprint density at radius 3 is 2.86 bits per heavy atom. The van der Waals surface area contributed by atoms with Crippen molar-refractivity contribution in [1.29, 1.82) is 0 Å². The summed E-state index contributed by atoms with van der Waals surface area (Å²) in [5.74, 6) is 0.415. The fraction of sp³-hybridized carbons (Fsp3) is 0.333. The van der Waals surface area contributed by atoms with Gasteiger partial charge >= 0.3 is 6.18 Å². The van der Waals surface area contributed by atoms with Gasteiger partial charge in [0.15, 0.2) is 10.8 Å². The summed E-state index contributed by atoms with van der Waals surface area (Å²) in [6.45, 7) is 3.22. The molecule has 0 spiro atoms. The minimum Gasteiger partial charge on any atom is -0.311 e. The Labute approximate surface area is 122 Å². The molecule has 0 amide bonds. The molecular weight excluding hydrogens is 303 g/mol. The molecule has 0 aliphatic carbocycles. The van der Waals surface area contributed by atoms with Gasteiger partial charge in [-0.25, -0.2) is 4.68 Å². The Morgan fingerprint density at radius 2 is 2.19 bits per heavy atom. The molecule has 3 aromatic heterocycles. The van der Waals surface area contributed by atoms with E-state index in [1.54, 1.807) is 0 Å². The maximum Gasteiger partial charge on any atom is 0.419 e. The number of nitrogens with zero attached hydrogens (tertiary/aromatic N) is 4. The van der Waals surface area contributed by atoms with Crippen molar-refractivity contribution >= 4 is 16.3 Å². The topological polar surface area (TPSA) is 47.2 Å². The second-order valence-electron chi connectivity index (χ2n) is 4.39. The van der Waals surface area contributed by atoms with Gasteiger partial charge in [-0.2, -0.15) is 23.3 Å². The Hall–Kier alpha value is -1.87. The summed E-state index contributed by atoms with van der Waals surface area (Å²) in [4.78, 5) is 5.09. The summed E-state index contributed by atoms with van der Waals surface area (Å²) in [6.07, 6.45) is -0.791. The lowest BCUT2D eigenvalue weighted by molar-refractivity contribution is -0.137. The summed E-state index contributed by atoms with van der Waals surface area (Å²) in [5, 5.41) is 8.84. The number of fused-ring (bicyclic) bond motifs is 1. The molecule has 0 fully saturated rings. The van der Waals surface area contributed by atoms with Crippen molar-refractivity contribution in [2.45, 2.75) is 19.6 Å². The number of imidazole rings is 1. The highest BCUT2D eigenvalue weighted by molar-refractivity contribution is 7.15. The second-order valence-corrected chi connectivity index (χ2v) is 5.26. The number of hydrogen-bond acceptors (Lipinski definition) is 4. The van der Waals surface area contributed by atoms with Crippen LogP contribution in [0.2, 0.25) is 0 Å². The molecule has 9 heteroatoms. The third kappa shape index (κ3) is 2.54. The predicted molar refractivity (Wildman–Crippen MR) is 72.6 cm³/mol. The van der Waals surface area contributed by atoms with E-state index >= 15 is 0 Å². The average molecular weight is 315 g/mol. The van der Waals surface area contributed by atoms with Crippen molar-refractivity contribution in [3.63, 3.8) is 0 Å². The lowest BCUT2D eigenvalue weighted by Crippen LogP contribution is -2.15. The van der Waals surface area contributed by atoms with Crippen LogP contribution in [0.5, 0.6) is 0 Å². The standard InChI is InChI=1S/C12H12F3N5S/c1-2-16-6-9-10(18-11-19(9)3-4-21-11)20-7-8(5-17-20)12(13,14)15/h3-5,7,16H,2,6H2,1H3. The number of nitrogens with one attached hydrogen (secondary N) is 1. The number of aromatic nitrogens is 4. The molecule has 112 valence electrons. The number of halogens is 3. The molecule has 3 rings (SSSR count). The molecule has 21 heavy (non-hydrogen) atoms. The average Bonchev–Trinajstić information content (AvgIpc) is 3.10. The first-order chi connectivity index (χ1) is 10.0. The van der Waals surface area contributed by atoms with Crippen LogP contribution in [-0.2, 0) is 12.7 Å². The van der Waals surface area contributed by atoms with Crippen molar-refractivity contribution in [3.05, 3.63) is 35.2 Å². The van der Waals surface area contributed by atoms with E-state index in [9.17, 15) is 13.2 Å². The van der Waals surface area contributed by atoms with E-state index in [0.29, 0.717) is 12.4 Å². The van der Waals surface area contributed by atoms with Crippen molar-refractivity contribution in [3.8, 4) is 5.82 Å². The lowest BCUT2D eigenvalue weighted by atomic mass is 10.3. The number of thiazole rings is 1. The summed E-state index contributed by atoms with van der Waals surface area (Å²) in [5.41, 5.74) is -0.00169. The first kappa shape index (κ1) is 14.1. The van der Waals surface area contributed by atoms with E-state index in [1.165, 1.54) is 16.0 Å². The van der Waals surface area contributed by atoms with E-state index < -0.39 is 11.7 Å². The zero-order valence-corrected chi connectivity index (χ0v) is 11.9. The first-order valence-electron chi connectivity index (χ1n) is 6.28. The van der Waals surface area contributed by atoms with Gasteiger partial charge in [-0.05, 0) is 6.54 Å². The molecule has 3 aromatic rings. The van der Waals surface area contributed by atoms with Gasteiger partial charge in [0, 0.05) is 24.3 Å². The van der Waals surface area contributed by atoms with Crippen molar-refractivity contribution < 1.29 is 13.2 Å². The highest BCUT2D eigenvalue weighted by atomic mass is 32.1. The predicted octanol–water partition coefficient (Wildman–Crippen LogP) is 2.71. The molecule has 0 saturated carbocycles. The van der Waals surface area contributed by atoms with Crippen LogP contribution in [0.15, 0.2) is 24.0 Å². The number of alkyl halides is 3.